The summed E-state index contributed by atoms with van der Waals surface area (Å²) in [5.74, 6) is 0. The summed E-state index contributed by atoms with van der Waals surface area (Å²) in [4.78, 5) is 8.36. The Hall–Kier alpha value is -0.308. The van der Waals surface area contributed by atoms with Crippen LogP contribution in [0.2, 0.25) is 0 Å². The van der Waals surface area contributed by atoms with Gasteiger partial charge in [0.05, 0.1) is 0 Å². The molecule has 0 unspecified atom stereocenters. The van der Waals surface area contributed by atoms with Crippen LogP contribution in [0, 0.1) is 10.1 Å². The molecule has 0 amide bonds. The zero-order chi connectivity index (χ0) is 3.58. The summed E-state index contributed by atoms with van der Waals surface area (Å²) in [6.45, 7) is 0. The van der Waals surface area contributed by atoms with E-state index in [1.54, 1.807) is 0 Å². The van der Waals surface area contributed by atoms with Gasteiger partial charge in [0.2, 0.25) is 0 Å². The van der Waals surface area contributed by atoms with Crippen LogP contribution in [-0.2, 0) is 5.48 Å². The number of rotatable bonds is 0. The maximum Gasteiger partial charge on any atom is 3.00 e. The van der Waals surface area contributed by atoms with Crippen LogP contribution in [-0.4, -0.2) is 27.7 Å². The third kappa shape index (κ3) is 283. The van der Waals surface area contributed by atoms with Gasteiger partial charge in [-0.1, -0.05) is 0 Å². The van der Waals surface area contributed by atoms with Crippen molar-refractivity contribution < 1.29 is 15.8 Å². The molecule has 0 aromatic carbocycles. The molecule has 0 atom stereocenters. The smallest absolute Gasteiger partial charge is 2.00 e. The van der Waals surface area contributed by atoms with Gasteiger partial charge >= 0.3 is 17.4 Å². The quantitative estimate of drug-likeness (QED) is 0.247. The Morgan fingerprint density at radius 2 is 1.67 bits per heavy atom. The minimum atomic E-state index is -1.50. The van der Waals surface area contributed by atoms with Crippen LogP contribution >= 0.6 is 0 Å². The van der Waals surface area contributed by atoms with Crippen molar-refractivity contribution >= 4 is 17.4 Å². The fourth-order valence-electron chi connectivity index (χ4n) is 0. The molecule has 0 aliphatic rings. The van der Waals surface area contributed by atoms with E-state index in [-0.39, 0.29) is 22.8 Å². The molecule has 0 aromatic rings. The Labute approximate surface area is 44.1 Å². The van der Waals surface area contributed by atoms with Crippen molar-refractivity contribution in [2.75, 3.05) is 0 Å². The summed E-state index contributed by atoms with van der Waals surface area (Å²) in [5.41, 5.74) is 0. The first-order chi connectivity index (χ1) is 1.73. The second-order valence-corrected chi connectivity index (χ2v) is 0.238. The summed E-state index contributed by atoms with van der Waals surface area (Å²) in [7, 11) is 0. The van der Waals surface area contributed by atoms with Gasteiger partial charge < -0.3 is 10.7 Å². The van der Waals surface area contributed by atoms with Crippen molar-refractivity contribution in [2.45, 2.75) is 0 Å². The number of nitrogens with zero attached hydrogens (tertiary/aromatic N) is 1. The first kappa shape index (κ1) is 17.3. The molecular formula is HAlNO4+. The molecule has 0 heterocycles. The largest absolute Gasteiger partial charge is 3.00 e. The number of hydrogen-bond donors (Lipinski definition) is 1. The maximum atomic E-state index is 8.36. The fourth-order valence-corrected chi connectivity index (χ4v) is 0. The third-order valence-corrected chi connectivity index (χ3v) is 0. The maximum absolute atomic E-state index is 8.36. The minimum Gasteiger partial charge on any atom is -2.00 e. The van der Waals surface area contributed by atoms with Gasteiger partial charge in [-0.2, -0.15) is 0 Å². The van der Waals surface area contributed by atoms with E-state index in [0.717, 1.165) is 0 Å². The molecule has 6 heteroatoms. The van der Waals surface area contributed by atoms with Crippen molar-refractivity contribution in [1.29, 1.82) is 0 Å². The van der Waals surface area contributed by atoms with E-state index in [2.05, 4.69) is 0 Å². The molecule has 0 fully saturated rings. The Kier molecular flexibility index (Phi) is 25.4. The monoisotopic (exact) mass is 106 g/mol. The van der Waals surface area contributed by atoms with Gasteiger partial charge in [-0.3, -0.25) is 0 Å². The average Bonchev–Trinajstić information content (AvgIpc) is 0.811. The molecular weight excluding hydrogens is 105 g/mol. The van der Waals surface area contributed by atoms with Gasteiger partial charge in [-0.05, 0) is 0 Å². The molecule has 0 saturated carbocycles. The Morgan fingerprint density at radius 1 is 1.67 bits per heavy atom. The number of hydrogen-bond acceptors (Lipinski definition) is 2. The zero-order valence-electron chi connectivity index (χ0n) is 2.70. The molecule has 0 aliphatic heterocycles. The molecule has 0 spiro atoms. The first-order valence-corrected chi connectivity index (χ1v) is 0.565. The van der Waals surface area contributed by atoms with Crippen molar-refractivity contribution in [1.82, 2.24) is 0 Å². The van der Waals surface area contributed by atoms with E-state index in [1.165, 1.54) is 0 Å². The van der Waals surface area contributed by atoms with Crippen molar-refractivity contribution in [3.63, 3.8) is 0 Å². The van der Waals surface area contributed by atoms with Crippen molar-refractivity contribution in [3.8, 4) is 0 Å². The third-order valence-electron chi connectivity index (χ3n) is 0. The van der Waals surface area contributed by atoms with Crippen LogP contribution in [0.5, 0.6) is 0 Å². The summed E-state index contributed by atoms with van der Waals surface area (Å²) in [5, 5.41) is 13.6. The van der Waals surface area contributed by atoms with E-state index >= 15 is 0 Å². The molecule has 0 saturated heterocycles. The van der Waals surface area contributed by atoms with Crippen LogP contribution in [0.25, 0.3) is 0 Å². The molecule has 32 valence electrons. The van der Waals surface area contributed by atoms with Gasteiger partial charge in [0, 0.05) is 0 Å². The molecule has 0 bridgehead atoms. The molecule has 0 aromatic heterocycles. The van der Waals surface area contributed by atoms with Crippen LogP contribution in [0.4, 0.5) is 0 Å². The average molecular weight is 106 g/mol. The molecule has 6 heavy (non-hydrogen) atoms. The van der Waals surface area contributed by atoms with E-state index in [4.69, 9.17) is 15.3 Å². The van der Waals surface area contributed by atoms with Gasteiger partial charge in [0.25, 0.3) is 5.09 Å². The molecule has 0 aliphatic carbocycles. The van der Waals surface area contributed by atoms with Crippen LogP contribution in [0.1, 0.15) is 0 Å². The van der Waals surface area contributed by atoms with Crippen LogP contribution in [0.15, 0.2) is 0 Å². The Balaban J connectivity index is -0.0000000450. The first-order valence-electron chi connectivity index (χ1n) is 0.565. The molecule has 5 nitrogen and oxygen atoms in total. The van der Waals surface area contributed by atoms with Gasteiger partial charge in [-0.25, -0.2) is 0 Å². The summed E-state index contributed by atoms with van der Waals surface area (Å²) in [6, 6.07) is 0. The Bertz CT molecular complexity index is 30.5. The van der Waals surface area contributed by atoms with Crippen LogP contribution in [0.3, 0.4) is 0 Å². The predicted octanol–water partition coefficient (Wildman–Crippen LogP) is -0.847. The van der Waals surface area contributed by atoms with Crippen LogP contribution < -0.4 is 0 Å². The fraction of sp³-hybridized carbons (Fsp3) is 0. The SMILES string of the molecule is O=[N+]([O-])O.[Al+3].[O-2]. The second kappa shape index (κ2) is 8.83. The van der Waals surface area contributed by atoms with Crippen molar-refractivity contribution in [3.05, 3.63) is 10.1 Å². The molecule has 1 N–H and O–H groups in total. The van der Waals surface area contributed by atoms with E-state index in [0.29, 0.717) is 0 Å². The van der Waals surface area contributed by atoms with E-state index in [9.17, 15) is 0 Å². The van der Waals surface area contributed by atoms with E-state index < -0.39 is 5.09 Å². The normalized spacial score (nSPS) is 4.00. The molecule has 0 rings (SSSR count). The van der Waals surface area contributed by atoms with E-state index in [1.807, 2.05) is 0 Å². The van der Waals surface area contributed by atoms with Gasteiger partial charge in [-0.15, -0.1) is 10.1 Å². The van der Waals surface area contributed by atoms with Gasteiger partial charge in [0.15, 0.2) is 0 Å². The second-order valence-electron chi connectivity index (χ2n) is 0.238. The zero-order valence-corrected chi connectivity index (χ0v) is 3.85. The van der Waals surface area contributed by atoms with Gasteiger partial charge in [0.1, 0.15) is 0 Å². The predicted molar refractivity (Wildman–Crippen MR) is 15.2 cm³/mol. The summed E-state index contributed by atoms with van der Waals surface area (Å²) in [6.07, 6.45) is 0. The topological polar surface area (TPSA) is 91.9 Å². The summed E-state index contributed by atoms with van der Waals surface area (Å²) < 4.78 is 0. The van der Waals surface area contributed by atoms with Crippen molar-refractivity contribution in [2.24, 2.45) is 0 Å². The Morgan fingerprint density at radius 3 is 1.67 bits per heavy atom. The standard InChI is InChI=1S/Al.HNO3.O/c;2-1(3)4;/h;(H,2,3,4);/q+3;;-2. The minimum absolute atomic E-state index is 0. The summed E-state index contributed by atoms with van der Waals surface area (Å²) >= 11 is 0. The molecule has 0 radical (unpaired) electrons.